The van der Waals surface area contributed by atoms with Crippen LogP contribution in [0.25, 0.3) is 0 Å². The second-order valence-electron chi connectivity index (χ2n) is 5.89. The SMILES string of the molecule is CO[C@H](COC(C)=O)[C@@H](OC(C)=O)[C@H](O)[C@H](NC(=O)CO)[C@@H](O)CC(=O)C(=O)O. The summed E-state index contributed by atoms with van der Waals surface area (Å²) in [6, 6.07) is -1.75. The van der Waals surface area contributed by atoms with Crippen LogP contribution in [0.1, 0.15) is 20.3 Å². The van der Waals surface area contributed by atoms with Gasteiger partial charge in [0.2, 0.25) is 11.7 Å². The Hall–Kier alpha value is -2.61. The minimum absolute atomic E-state index is 0.480. The van der Waals surface area contributed by atoms with Crippen molar-refractivity contribution >= 4 is 29.6 Å². The first kappa shape index (κ1) is 26.4. The molecular weight excluding hydrogens is 398 g/mol. The van der Waals surface area contributed by atoms with E-state index in [4.69, 9.17) is 24.4 Å². The fraction of sp³-hybridized carbons (Fsp3) is 0.688. The molecule has 5 atom stereocenters. The van der Waals surface area contributed by atoms with E-state index in [-0.39, 0.29) is 0 Å². The van der Waals surface area contributed by atoms with Crippen LogP contribution in [0.5, 0.6) is 0 Å². The van der Waals surface area contributed by atoms with E-state index in [9.17, 15) is 34.2 Å². The monoisotopic (exact) mass is 423 g/mol. The lowest BCUT2D eigenvalue weighted by Crippen LogP contribution is -2.59. The summed E-state index contributed by atoms with van der Waals surface area (Å²) in [5, 5.41) is 40.4. The van der Waals surface area contributed by atoms with Crippen molar-refractivity contribution in [1.82, 2.24) is 5.32 Å². The largest absolute Gasteiger partial charge is 0.475 e. The van der Waals surface area contributed by atoms with Crippen molar-refractivity contribution in [1.29, 1.82) is 0 Å². The van der Waals surface area contributed by atoms with E-state index < -0.39 is 79.7 Å². The lowest BCUT2D eigenvalue weighted by atomic mass is 9.93. The third-order valence-electron chi connectivity index (χ3n) is 3.65. The van der Waals surface area contributed by atoms with Gasteiger partial charge in [-0.15, -0.1) is 0 Å². The number of carbonyl (C=O) groups is 5. The maximum Gasteiger partial charge on any atom is 0.372 e. The van der Waals surface area contributed by atoms with Crippen molar-refractivity contribution in [3.05, 3.63) is 0 Å². The van der Waals surface area contributed by atoms with E-state index in [1.165, 1.54) is 0 Å². The molecule has 29 heavy (non-hydrogen) atoms. The van der Waals surface area contributed by atoms with Crippen molar-refractivity contribution < 1.29 is 58.6 Å². The molecule has 1 amide bonds. The van der Waals surface area contributed by atoms with Crippen molar-refractivity contribution in [3.63, 3.8) is 0 Å². The molecule has 0 heterocycles. The molecule has 0 saturated heterocycles. The van der Waals surface area contributed by atoms with Gasteiger partial charge in [-0.25, -0.2) is 4.79 Å². The molecule has 0 aliphatic heterocycles. The summed E-state index contributed by atoms with van der Waals surface area (Å²) < 4.78 is 14.8. The normalized spacial score (nSPS) is 15.9. The van der Waals surface area contributed by atoms with Gasteiger partial charge in [-0.2, -0.15) is 0 Å². The molecular formula is C16H25NO12. The third-order valence-corrected chi connectivity index (χ3v) is 3.65. The van der Waals surface area contributed by atoms with E-state index in [1.807, 2.05) is 5.32 Å². The Bertz CT molecular complexity index is 607. The van der Waals surface area contributed by atoms with Gasteiger partial charge in [0.1, 0.15) is 25.4 Å². The Balaban J connectivity index is 5.79. The fourth-order valence-electron chi connectivity index (χ4n) is 2.30. The minimum Gasteiger partial charge on any atom is -0.475 e. The van der Waals surface area contributed by atoms with Crippen LogP contribution < -0.4 is 5.32 Å². The number of ether oxygens (including phenoxy) is 3. The summed E-state index contributed by atoms with van der Waals surface area (Å²) in [5.74, 6) is -5.96. The lowest BCUT2D eigenvalue weighted by molar-refractivity contribution is -0.176. The van der Waals surface area contributed by atoms with Gasteiger partial charge in [-0.3, -0.25) is 19.2 Å². The maximum absolute atomic E-state index is 11.6. The zero-order chi connectivity index (χ0) is 22.7. The first-order chi connectivity index (χ1) is 13.4. The van der Waals surface area contributed by atoms with Crippen molar-refractivity contribution in [2.75, 3.05) is 20.3 Å². The van der Waals surface area contributed by atoms with Crippen LogP contribution in [-0.4, -0.2) is 101 Å². The average molecular weight is 423 g/mol. The number of amides is 1. The molecule has 0 spiro atoms. The van der Waals surface area contributed by atoms with Gasteiger partial charge < -0.3 is 40.0 Å². The highest BCUT2D eigenvalue weighted by atomic mass is 16.6. The van der Waals surface area contributed by atoms with Crippen molar-refractivity contribution in [2.45, 2.75) is 50.7 Å². The van der Waals surface area contributed by atoms with Gasteiger partial charge in [0.05, 0.1) is 12.1 Å². The summed E-state index contributed by atoms with van der Waals surface area (Å²) in [5.41, 5.74) is 0. The van der Waals surface area contributed by atoms with Crippen molar-refractivity contribution in [2.24, 2.45) is 0 Å². The maximum atomic E-state index is 11.6. The number of carbonyl (C=O) groups excluding carboxylic acids is 4. The van der Waals surface area contributed by atoms with Gasteiger partial charge in [0, 0.05) is 27.4 Å². The van der Waals surface area contributed by atoms with Gasteiger partial charge in [0.15, 0.2) is 6.10 Å². The Morgan fingerprint density at radius 2 is 1.62 bits per heavy atom. The fourth-order valence-corrected chi connectivity index (χ4v) is 2.30. The number of aliphatic hydroxyl groups is 3. The number of Topliss-reactive ketones (excluding diaryl/α,β-unsaturated/α-hetero) is 1. The van der Waals surface area contributed by atoms with Crippen LogP contribution in [-0.2, 0) is 38.2 Å². The summed E-state index contributed by atoms with van der Waals surface area (Å²) in [4.78, 5) is 56.1. The highest BCUT2D eigenvalue weighted by molar-refractivity contribution is 6.32. The second kappa shape index (κ2) is 12.8. The standard InChI is InChI=1S/C16H25NO12/c1-7(19)28-6-11(27-3)15(29-8(2)20)14(24)13(17-12(23)5-18)9(21)4-10(22)16(25)26/h9,11,13-15,18,21,24H,4-6H2,1-3H3,(H,17,23)(H,25,26)/t9-,11+,13+,14+,15+/m0/s1. The van der Waals surface area contributed by atoms with E-state index in [0.29, 0.717) is 0 Å². The molecule has 0 saturated carbocycles. The van der Waals surface area contributed by atoms with Crippen LogP contribution >= 0.6 is 0 Å². The first-order valence-corrected chi connectivity index (χ1v) is 8.30. The van der Waals surface area contributed by atoms with Gasteiger partial charge in [-0.05, 0) is 0 Å². The first-order valence-electron chi connectivity index (χ1n) is 8.30. The predicted molar refractivity (Wildman–Crippen MR) is 91.3 cm³/mol. The number of esters is 2. The molecule has 0 bridgehead atoms. The summed E-state index contributed by atoms with van der Waals surface area (Å²) in [6.45, 7) is 0.549. The third kappa shape index (κ3) is 9.43. The van der Waals surface area contributed by atoms with Crippen LogP contribution in [0.15, 0.2) is 0 Å². The van der Waals surface area contributed by atoms with Crippen LogP contribution in [0, 0.1) is 0 Å². The Morgan fingerprint density at radius 3 is 2.03 bits per heavy atom. The van der Waals surface area contributed by atoms with E-state index >= 15 is 0 Å². The highest BCUT2D eigenvalue weighted by Crippen LogP contribution is 2.17. The number of hydrogen-bond donors (Lipinski definition) is 5. The molecule has 166 valence electrons. The van der Waals surface area contributed by atoms with E-state index in [0.717, 1.165) is 21.0 Å². The summed E-state index contributed by atoms with van der Waals surface area (Å²) in [6.07, 6.45) is -7.76. The molecule has 13 heteroatoms. The molecule has 0 radical (unpaired) electrons. The Kier molecular flexibility index (Phi) is 11.6. The molecule has 0 aliphatic carbocycles. The second-order valence-corrected chi connectivity index (χ2v) is 5.89. The Morgan fingerprint density at radius 1 is 1.03 bits per heavy atom. The zero-order valence-corrected chi connectivity index (χ0v) is 16.1. The number of carboxylic acid groups (broad SMARTS) is 1. The zero-order valence-electron chi connectivity index (χ0n) is 16.1. The molecule has 0 aromatic rings. The number of aliphatic hydroxyl groups excluding tert-OH is 3. The lowest BCUT2D eigenvalue weighted by Gasteiger charge is -2.35. The molecule has 0 aliphatic rings. The number of ketones is 1. The van der Waals surface area contributed by atoms with Crippen LogP contribution in [0.3, 0.4) is 0 Å². The molecule has 5 N–H and O–H groups in total. The Labute approximate surface area is 165 Å². The molecule has 0 unspecified atom stereocenters. The summed E-state index contributed by atoms with van der Waals surface area (Å²) in [7, 11) is 1.14. The molecule has 0 fully saturated rings. The van der Waals surface area contributed by atoms with Gasteiger partial charge in [0.25, 0.3) is 0 Å². The van der Waals surface area contributed by atoms with E-state index in [1.54, 1.807) is 0 Å². The number of methoxy groups -OCH3 is 1. The highest BCUT2D eigenvalue weighted by Gasteiger charge is 2.41. The van der Waals surface area contributed by atoms with Crippen LogP contribution in [0.4, 0.5) is 0 Å². The molecule has 0 rings (SSSR count). The number of carboxylic acids is 1. The number of hydrogen-bond acceptors (Lipinski definition) is 11. The number of nitrogens with one attached hydrogen (secondary N) is 1. The van der Waals surface area contributed by atoms with Crippen molar-refractivity contribution in [3.8, 4) is 0 Å². The quantitative estimate of drug-likeness (QED) is 0.146. The smallest absolute Gasteiger partial charge is 0.372 e. The van der Waals surface area contributed by atoms with E-state index in [2.05, 4.69) is 0 Å². The number of aliphatic carboxylic acids is 1. The predicted octanol–water partition coefficient (Wildman–Crippen LogP) is -3.26. The molecule has 0 aromatic carbocycles. The number of rotatable bonds is 13. The van der Waals surface area contributed by atoms with Gasteiger partial charge in [-0.1, -0.05) is 0 Å². The summed E-state index contributed by atoms with van der Waals surface area (Å²) >= 11 is 0. The minimum atomic E-state index is -1.95. The topological polar surface area (TPSA) is 206 Å². The molecule has 13 nitrogen and oxygen atoms in total. The molecule has 0 aromatic heterocycles. The average Bonchev–Trinajstić information content (AvgIpc) is 2.63. The van der Waals surface area contributed by atoms with Gasteiger partial charge >= 0.3 is 17.9 Å². The van der Waals surface area contributed by atoms with Crippen LogP contribution in [0.2, 0.25) is 0 Å².